The summed E-state index contributed by atoms with van der Waals surface area (Å²) < 4.78 is 15.0. The average Bonchev–Trinajstić information content (AvgIpc) is 2.79. The summed E-state index contributed by atoms with van der Waals surface area (Å²) in [4.78, 5) is 12.6. The highest BCUT2D eigenvalue weighted by atomic mass is 19.1. The van der Waals surface area contributed by atoms with Gasteiger partial charge in [0, 0.05) is 18.0 Å². The van der Waals surface area contributed by atoms with Gasteiger partial charge in [0.1, 0.15) is 11.5 Å². The zero-order valence-corrected chi connectivity index (χ0v) is 11.2. The molecule has 3 nitrogen and oxygen atoms in total. The van der Waals surface area contributed by atoms with Crippen molar-refractivity contribution in [2.45, 2.75) is 6.92 Å². The number of fused-ring (bicyclic) bond motifs is 1. The molecule has 1 aromatic heterocycles. The molecule has 0 fully saturated rings. The number of aryl methyl sites for hydroxylation is 2. The van der Waals surface area contributed by atoms with Gasteiger partial charge in [0.15, 0.2) is 0 Å². The molecule has 1 heterocycles. The normalized spacial score (nSPS) is 10.9. The van der Waals surface area contributed by atoms with Gasteiger partial charge in [-0.3, -0.25) is 9.48 Å². The molecule has 4 heteroatoms. The van der Waals surface area contributed by atoms with E-state index in [1.165, 1.54) is 12.1 Å². The molecule has 3 aromatic rings. The molecule has 0 N–H and O–H groups in total. The predicted octanol–water partition coefficient (Wildman–Crippen LogP) is 3.25. The van der Waals surface area contributed by atoms with Crippen molar-refractivity contribution < 1.29 is 9.18 Å². The van der Waals surface area contributed by atoms with Gasteiger partial charge in [-0.15, -0.1) is 0 Å². The van der Waals surface area contributed by atoms with E-state index in [0.29, 0.717) is 11.3 Å². The van der Waals surface area contributed by atoms with Gasteiger partial charge in [-0.25, -0.2) is 4.39 Å². The van der Waals surface area contributed by atoms with E-state index in [2.05, 4.69) is 5.10 Å². The summed E-state index contributed by atoms with van der Waals surface area (Å²) in [6, 6.07) is 11.7. The highest BCUT2D eigenvalue weighted by Gasteiger charge is 2.19. The molecule has 2 aromatic carbocycles. The fraction of sp³-hybridized carbons (Fsp3) is 0.125. The molecule has 0 radical (unpaired) electrons. The summed E-state index contributed by atoms with van der Waals surface area (Å²) >= 11 is 0. The lowest BCUT2D eigenvalue weighted by atomic mass is 10.0. The van der Waals surface area contributed by atoms with Crippen LogP contribution in [-0.2, 0) is 7.05 Å². The highest BCUT2D eigenvalue weighted by molar-refractivity contribution is 6.15. The Kier molecular flexibility index (Phi) is 2.86. The molecule has 0 aliphatic heterocycles. The number of halogens is 1. The standard InChI is InChI=1S/C16H13FN2O/c1-10-7-8-11(17)9-13(10)16(20)15-12-5-3-4-6-14(12)19(2)18-15/h3-9H,1-2H3. The third-order valence-corrected chi connectivity index (χ3v) is 3.42. The maximum atomic E-state index is 13.4. The number of carbonyl (C=O) groups excluding carboxylic acids is 1. The van der Waals surface area contributed by atoms with Crippen LogP contribution in [0.4, 0.5) is 4.39 Å². The van der Waals surface area contributed by atoms with Crippen molar-refractivity contribution in [3.8, 4) is 0 Å². The van der Waals surface area contributed by atoms with Gasteiger partial charge in [-0.05, 0) is 30.7 Å². The summed E-state index contributed by atoms with van der Waals surface area (Å²) in [7, 11) is 1.79. The number of aromatic nitrogens is 2. The van der Waals surface area contributed by atoms with Gasteiger partial charge >= 0.3 is 0 Å². The number of nitrogens with zero attached hydrogens (tertiary/aromatic N) is 2. The Hall–Kier alpha value is -2.49. The first-order valence-electron chi connectivity index (χ1n) is 6.30. The van der Waals surface area contributed by atoms with Gasteiger partial charge in [0.2, 0.25) is 5.78 Å². The van der Waals surface area contributed by atoms with E-state index in [1.54, 1.807) is 24.7 Å². The largest absolute Gasteiger partial charge is 0.287 e. The SMILES string of the molecule is Cc1ccc(F)cc1C(=O)c1nn(C)c2ccccc12. The first-order chi connectivity index (χ1) is 9.58. The van der Waals surface area contributed by atoms with Crippen molar-refractivity contribution in [2.24, 2.45) is 7.05 Å². The van der Waals surface area contributed by atoms with Gasteiger partial charge in [-0.2, -0.15) is 5.10 Å². The molecule has 0 saturated heterocycles. The van der Waals surface area contributed by atoms with Crippen LogP contribution in [0.1, 0.15) is 21.6 Å². The Morgan fingerprint density at radius 3 is 2.75 bits per heavy atom. The zero-order chi connectivity index (χ0) is 14.3. The van der Waals surface area contributed by atoms with Crippen LogP contribution in [0.2, 0.25) is 0 Å². The molecular weight excluding hydrogens is 255 g/mol. The number of hydrogen-bond acceptors (Lipinski definition) is 2. The fourth-order valence-electron chi connectivity index (χ4n) is 2.35. The molecule has 0 aliphatic carbocycles. The van der Waals surface area contributed by atoms with Crippen LogP contribution in [0, 0.1) is 12.7 Å². The minimum absolute atomic E-state index is 0.251. The van der Waals surface area contributed by atoms with Crippen LogP contribution in [0.15, 0.2) is 42.5 Å². The van der Waals surface area contributed by atoms with Crippen LogP contribution in [0.3, 0.4) is 0 Å². The molecule has 0 aliphatic rings. The predicted molar refractivity (Wildman–Crippen MR) is 75.3 cm³/mol. The van der Waals surface area contributed by atoms with Gasteiger partial charge < -0.3 is 0 Å². The third-order valence-electron chi connectivity index (χ3n) is 3.42. The van der Waals surface area contributed by atoms with Gasteiger partial charge in [-0.1, -0.05) is 24.3 Å². The lowest BCUT2D eigenvalue weighted by Crippen LogP contribution is -2.06. The number of benzene rings is 2. The quantitative estimate of drug-likeness (QED) is 0.669. The molecule has 0 atom stereocenters. The van der Waals surface area contributed by atoms with E-state index in [9.17, 15) is 9.18 Å². The van der Waals surface area contributed by atoms with Crippen LogP contribution in [-0.4, -0.2) is 15.6 Å². The molecular formula is C16H13FN2O. The molecule has 0 unspecified atom stereocenters. The molecule has 0 saturated carbocycles. The molecule has 20 heavy (non-hydrogen) atoms. The number of rotatable bonds is 2. The van der Waals surface area contributed by atoms with Crippen molar-refractivity contribution in [1.29, 1.82) is 0 Å². The second kappa shape index (κ2) is 4.56. The second-order valence-electron chi connectivity index (χ2n) is 4.78. The molecule has 100 valence electrons. The van der Waals surface area contributed by atoms with E-state index in [1.807, 2.05) is 24.3 Å². The summed E-state index contributed by atoms with van der Waals surface area (Å²) in [5.74, 6) is -0.669. The van der Waals surface area contributed by atoms with E-state index < -0.39 is 5.82 Å². The Labute approximate surface area is 115 Å². The summed E-state index contributed by atoms with van der Waals surface area (Å²) in [6.07, 6.45) is 0. The second-order valence-corrected chi connectivity index (χ2v) is 4.78. The monoisotopic (exact) mass is 268 g/mol. The van der Waals surface area contributed by atoms with Crippen LogP contribution in [0.25, 0.3) is 10.9 Å². The summed E-state index contributed by atoms with van der Waals surface area (Å²) in [5.41, 5.74) is 2.33. The van der Waals surface area contributed by atoms with Gasteiger partial charge in [0.05, 0.1) is 5.52 Å². The fourth-order valence-corrected chi connectivity index (χ4v) is 2.35. The van der Waals surface area contributed by atoms with E-state index >= 15 is 0 Å². The van der Waals surface area contributed by atoms with E-state index in [0.717, 1.165) is 16.5 Å². The van der Waals surface area contributed by atoms with E-state index in [4.69, 9.17) is 0 Å². The Balaban J connectivity index is 2.20. The maximum absolute atomic E-state index is 13.4. The minimum atomic E-state index is -0.417. The molecule has 0 amide bonds. The molecule has 0 spiro atoms. The average molecular weight is 268 g/mol. The first-order valence-corrected chi connectivity index (χ1v) is 6.30. The highest BCUT2D eigenvalue weighted by Crippen LogP contribution is 2.22. The van der Waals surface area contributed by atoms with Crippen molar-refractivity contribution in [3.05, 3.63) is 65.1 Å². The van der Waals surface area contributed by atoms with Crippen LogP contribution in [0.5, 0.6) is 0 Å². The number of ketones is 1. The summed E-state index contributed by atoms with van der Waals surface area (Å²) in [5, 5.41) is 5.06. The number of carbonyl (C=O) groups is 1. The Morgan fingerprint density at radius 1 is 1.20 bits per heavy atom. The lowest BCUT2D eigenvalue weighted by molar-refractivity contribution is 0.103. The topological polar surface area (TPSA) is 34.9 Å². The van der Waals surface area contributed by atoms with Crippen molar-refractivity contribution >= 4 is 16.7 Å². The number of hydrogen-bond donors (Lipinski definition) is 0. The third kappa shape index (κ3) is 1.90. The van der Waals surface area contributed by atoms with Crippen LogP contribution < -0.4 is 0 Å². The lowest BCUT2D eigenvalue weighted by Gasteiger charge is -2.03. The Bertz CT molecular complexity index is 820. The van der Waals surface area contributed by atoms with Crippen molar-refractivity contribution in [2.75, 3.05) is 0 Å². The molecule has 0 bridgehead atoms. The van der Waals surface area contributed by atoms with Crippen molar-refractivity contribution in [3.63, 3.8) is 0 Å². The Morgan fingerprint density at radius 2 is 1.95 bits per heavy atom. The first kappa shape index (κ1) is 12.5. The maximum Gasteiger partial charge on any atom is 0.214 e. The van der Waals surface area contributed by atoms with E-state index in [-0.39, 0.29) is 5.78 Å². The van der Waals surface area contributed by atoms with Crippen molar-refractivity contribution in [1.82, 2.24) is 9.78 Å². The summed E-state index contributed by atoms with van der Waals surface area (Å²) in [6.45, 7) is 1.79. The van der Waals surface area contributed by atoms with Gasteiger partial charge in [0.25, 0.3) is 0 Å². The zero-order valence-electron chi connectivity index (χ0n) is 11.2. The number of para-hydroxylation sites is 1. The smallest absolute Gasteiger partial charge is 0.214 e. The van der Waals surface area contributed by atoms with Crippen LogP contribution >= 0.6 is 0 Å². The minimum Gasteiger partial charge on any atom is -0.287 e. The molecule has 3 rings (SSSR count).